The molecule has 0 radical (unpaired) electrons. The zero-order valence-electron chi connectivity index (χ0n) is 6.57. The molecule has 2 aromatic rings. The van der Waals surface area contributed by atoms with Gasteiger partial charge in [-0.05, 0) is 29.2 Å². The molecule has 0 bridgehead atoms. The molecule has 1 aromatic heterocycles. The van der Waals surface area contributed by atoms with E-state index in [1.54, 1.807) is 12.1 Å². The summed E-state index contributed by atoms with van der Waals surface area (Å²) < 4.78 is 16.3. The van der Waals surface area contributed by atoms with Crippen molar-refractivity contribution in [1.29, 1.82) is 0 Å². The van der Waals surface area contributed by atoms with Crippen molar-refractivity contribution in [3.63, 3.8) is 0 Å². The Labute approximate surface area is 78.2 Å². The second-order valence-electron chi connectivity index (χ2n) is 2.49. The summed E-state index contributed by atoms with van der Waals surface area (Å²) in [6.07, 6.45) is 0. The number of nitrogens with zero attached hydrogens (tertiary/aromatic N) is 2. The van der Waals surface area contributed by atoms with E-state index in [2.05, 4.69) is 9.59 Å². The molecule has 3 nitrogen and oxygen atoms in total. The first-order valence-corrected chi connectivity index (χ1v) is 4.38. The molecule has 1 aromatic carbocycles. The van der Waals surface area contributed by atoms with Crippen LogP contribution < -0.4 is 5.73 Å². The highest BCUT2D eigenvalue weighted by molar-refractivity contribution is 7.09. The molecule has 0 spiro atoms. The SMILES string of the molecule is Nc1nnsc1-c1ccc(F)cc1. The van der Waals surface area contributed by atoms with Crippen LogP contribution in [0.3, 0.4) is 0 Å². The third-order valence-electron chi connectivity index (χ3n) is 1.62. The minimum atomic E-state index is -0.264. The summed E-state index contributed by atoms with van der Waals surface area (Å²) in [5.74, 6) is 0.122. The molecule has 0 aliphatic carbocycles. The molecular formula is C8H6FN3S. The van der Waals surface area contributed by atoms with Crippen molar-refractivity contribution in [2.75, 3.05) is 5.73 Å². The standard InChI is InChI=1S/C8H6FN3S/c9-6-3-1-5(2-4-6)7-8(10)11-12-13-7/h1-4H,10H2. The fraction of sp³-hybridized carbons (Fsp3) is 0. The lowest BCUT2D eigenvalue weighted by molar-refractivity contribution is 0.628. The largest absolute Gasteiger partial charge is 0.381 e. The topological polar surface area (TPSA) is 51.8 Å². The minimum Gasteiger partial charge on any atom is -0.381 e. The predicted octanol–water partition coefficient (Wildman–Crippen LogP) is 1.93. The van der Waals surface area contributed by atoms with Gasteiger partial charge >= 0.3 is 0 Å². The molecular weight excluding hydrogens is 189 g/mol. The summed E-state index contributed by atoms with van der Waals surface area (Å²) in [6, 6.07) is 6.07. The third-order valence-corrected chi connectivity index (χ3v) is 2.41. The van der Waals surface area contributed by atoms with Crippen molar-refractivity contribution in [2.45, 2.75) is 0 Å². The van der Waals surface area contributed by atoms with E-state index < -0.39 is 0 Å². The Kier molecular flexibility index (Phi) is 1.94. The molecule has 0 saturated carbocycles. The van der Waals surface area contributed by atoms with Crippen molar-refractivity contribution in [1.82, 2.24) is 9.59 Å². The van der Waals surface area contributed by atoms with Gasteiger partial charge in [-0.1, -0.05) is 16.6 Å². The van der Waals surface area contributed by atoms with Gasteiger partial charge in [0.05, 0.1) is 4.88 Å². The number of nitrogens with two attached hydrogens (primary N) is 1. The maximum atomic E-state index is 12.6. The van der Waals surface area contributed by atoms with E-state index >= 15 is 0 Å². The van der Waals surface area contributed by atoms with Gasteiger partial charge in [0.2, 0.25) is 0 Å². The van der Waals surface area contributed by atoms with Crippen LogP contribution >= 0.6 is 11.5 Å². The lowest BCUT2D eigenvalue weighted by Gasteiger charge is -1.95. The minimum absolute atomic E-state index is 0.264. The number of nitrogen functional groups attached to an aromatic ring is 1. The van der Waals surface area contributed by atoms with E-state index in [0.717, 1.165) is 10.4 Å². The van der Waals surface area contributed by atoms with Gasteiger partial charge in [0, 0.05) is 0 Å². The normalized spacial score (nSPS) is 10.2. The molecule has 13 heavy (non-hydrogen) atoms. The van der Waals surface area contributed by atoms with Crippen molar-refractivity contribution >= 4 is 17.4 Å². The Morgan fingerprint density at radius 3 is 2.46 bits per heavy atom. The van der Waals surface area contributed by atoms with Crippen molar-refractivity contribution in [3.05, 3.63) is 30.1 Å². The Morgan fingerprint density at radius 1 is 1.23 bits per heavy atom. The second kappa shape index (κ2) is 3.10. The second-order valence-corrected chi connectivity index (χ2v) is 3.25. The lowest BCUT2D eigenvalue weighted by Crippen LogP contribution is -1.87. The predicted molar refractivity (Wildman–Crippen MR) is 49.7 cm³/mol. The van der Waals surface area contributed by atoms with Crippen molar-refractivity contribution in [2.24, 2.45) is 0 Å². The summed E-state index contributed by atoms with van der Waals surface area (Å²) in [5.41, 5.74) is 6.40. The van der Waals surface area contributed by atoms with Crippen LogP contribution in [0.1, 0.15) is 0 Å². The Hall–Kier alpha value is -1.49. The zero-order valence-corrected chi connectivity index (χ0v) is 7.38. The van der Waals surface area contributed by atoms with Gasteiger partial charge < -0.3 is 5.73 Å². The number of halogens is 1. The highest BCUT2D eigenvalue weighted by Gasteiger charge is 2.06. The molecule has 0 aliphatic heterocycles. The molecule has 0 aliphatic rings. The van der Waals surface area contributed by atoms with Crippen LogP contribution in [0.4, 0.5) is 10.2 Å². The van der Waals surface area contributed by atoms with Crippen LogP contribution in [0.25, 0.3) is 10.4 Å². The molecule has 1 heterocycles. The fourth-order valence-corrected chi connectivity index (χ4v) is 1.59. The summed E-state index contributed by atoms with van der Waals surface area (Å²) in [7, 11) is 0. The summed E-state index contributed by atoms with van der Waals surface area (Å²) >= 11 is 1.20. The van der Waals surface area contributed by atoms with Crippen molar-refractivity contribution in [3.8, 4) is 10.4 Å². The van der Waals surface area contributed by atoms with E-state index in [0.29, 0.717) is 5.82 Å². The first-order valence-electron chi connectivity index (χ1n) is 3.61. The maximum Gasteiger partial charge on any atom is 0.166 e. The number of hydrogen-bond donors (Lipinski definition) is 1. The number of anilines is 1. The molecule has 66 valence electrons. The third kappa shape index (κ3) is 1.50. The van der Waals surface area contributed by atoms with Gasteiger partial charge in [-0.3, -0.25) is 0 Å². The van der Waals surface area contributed by atoms with Crippen LogP contribution in [0.2, 0.25) is 0 Å². The summed E-state index contributed by atoms with van der Waals surface area (Å²) in [5, 5.41) is 3.67. The molecule has 0 saturated heterocycles. The van der Waals surface area contributed by atoms with Crippen LogP contribution in [-0.2, 0) is 0 Å². The molecule has 0 fully saturated rings. The highest BCUT2D eigenvalue weighted by atomic mass is 32.1. The quantitative estimate of drug-likeness (QED) is 0.756. The average molecular weight is 195 g/mol. The van der Waals surface area contributed by atoms with Crippen LogP contribution in [0.15, 0.2) is 24.3 Å². The number of aromatic nitrogens is 2. The molecule has 5 heteroatoms. The number of hydrogen-bond acceptors (Lipinski definition) is 4. The van der Waals surface area contributed by atoms with Gasteiger partial charge in [-0.25, -0.2) is 4.39 Å². The molecule has 2 rings (SSSR count). The van der Waals surface area contributed by atoms with Gasteiger partial charge in [-0.2, -0.15) is 0 Å². The monoisotopic (exact) mass is 195 g/mol. The maximum absolute atomic E-state index is 12.6. The van der Waals surface area contributed by atoms with Crippen molar-refractivity contribution < 1.29 is 4.39 Å². The highest BCUT2D eigenvalue weighted by Crippen LogP contribution is 2.27. The zero-order chi connectivity index (χ0) is 9.26. The molecule has 0 atom stereocenters. The Balaban J connectivity index is 2.47. The molecule has 2 N–H and O–H groups in total. The lowest BCUT2D eigenvalue weighted by atomic mass is 10.2. The number of rotatable bonds is 1. The van der Waals surface area contributed by atoms with Gasteiger partial charge in [-0.15, -0.1) is 5.10 Å². The van der Waals surface area contributed by atoms with Crippen LogP contribution in [0.5, 0.6) is 0 Å². The van der Waals surface area contributed by atoms with E-state index in [4.69, 9.17) is 5.73 Å². The summed E-state index contributed by atoms with van der Waals surface area (Å²) in [4.78, 5) is 0.778. The van der Waals surface area contributed by atoms with E-state index in [-0.39, 0.29) is 5.82 Å². The first-order chi connectivity index (χ1) is 6.27. The fourth-order valence-electron chi connectivity index (χ4n) is 0.999. The van der Waals surface area contributed by atoms with Crippen LogP contribution in [-0.4, -0.2) is 9.59 Å². The van der Waals surface area contributed by atoms with Gasteiger partial charge in [0.25, 0.3) is 0 Å². The Morgan fingerprint density at radius 2 is 1.92 bits per heavy atom. The summed E-state index contributed by atoms with van der Waals surface area (Å²) in [6.45, 7) is 0. The van der Waals surface area contributed by atoms with E-state index in [1.807, 2.05) is 0 Å². The smallest absolute Gasteiger partial charge is 0.166 e. The van der Waals surface area contributed by atoms with Crippen LogP contribution in [0, 0.1) is 5.82 Å². The molecule has 0 amide bonds. The van der Waals surface area contributed by atoms with Gasteiger partial charge in [0.15, 0.2) is 5.82 Å². The molecule has 0 unspecified atom stereocenters. The van der Waals surface area contributed by atoms with E-state index in [1.165, 1.54) is 23.7 Å². The van der Waals surface area contributed by atoms with Gasteiger partial charge in [0.1, 0.15) is 5.82 Å². The first kappa shape index (κ1) is 8.12. The average Bonchev–Trinajstić information content (AvgIpc) is 2.53. The Bertz CT molecular complexity index is 410. The van der Waals surface area contributed by atoms with E-state index in [9.17, 15) is 4.39 Å². The number of benzene rings is 1.